The maximum atomic E-state index is 12.2. The van der Waals surface area contributed by atoms with Gasteiger partial charge in [0, 0.05) is 24.4 Å². The third-order valence-electron chi connectivity index (χ3n) is 3.82. The first kappa shape index (κ1) is 14.8. The fourth-order valence-corrected chi connectivity index (χ4v) is 3.28. The van der Waals surface area contributed by atoms with Crippen molar-refractivity contribution in [3.63, 3.8) is 0 Å². The second-order valence-corrected chi connectivity index (χ2v) is 6.49. The van der Waals surface area contributed by atoms with Crippen molar-refractivity contribution in [1.29, 1.82) is 0 Å². The van der Waals surface area contributed by atoms with Crippen LogP contribution in [0.4, 0.5) is 0 Å². The van der Waals surface area contributed by atoms with E-state index in [2.05, 4.69) is 5.32 Å². The van der Waals surface area contributed by atoms with Gasteiger partial charge in [-0.05, 0) is 17.0 Å². The number of benzene rings is 1. The topological polar surface area (TPSA) is 49.4 Å². The quantitative estimate of drug-likeness (QED) is 0.921. The van der Waals surface area contributed by atoms with Crippen LogP contribution in [-0.4, -0.2) is 23.3 Å². The Hall–Kier alpha value is -2.14. The lowest BCUT2D eigenvalue weighted by molar-refractivity contribution is -0.129. The van der Waals surface area contributed by atoms with Gasteiger partial charge in [-0.15, -0.1) is 11.3 Å². The van der Waals surface area contributed by atoms with Gasteiger partial charge in [0.25, 0.3) is 0 Å². The van der Waals surface area contributed by atoms with E-state index >= 15 is 0 Å². The molecule has 2 amide bonds. The standard InChI is InChI=1S/C17H18N2O2S/c20-16-9-14(17(21)18-10-15-7-4-8-22-15)12-19(16)11-13-5-2-1-3-6-13/h1-8,14H,9-12H2,(H,18,21). The lowest BCUT2D eigenvalue weighted by atomic mass is 10.1. The predicted molar refractivity (Wildman–Crippen MR) is 86.1 cm³/mol. The highest BCUT2D eigenvalue weighted by atomic mass is 32.1. The van der Waals surface area contributed by atoms with E-state index in [0.717, 1.165) is 10.4 Å². The minimum atomic E-state index is -0.240. The number of amides is 2. The first-order valence-corrected chi connectivity index (χ1v) is 8.22. The van der Waals surface area contributed by atoms with Crippen molar-refractivity contribution in [1.82, 2.24) is 10.2 Å². The first-order chi connectivity index (χ1) is 10.7. The molecule has 1 unspecified atom stereocenters. The van der Waals surface area contributed by atoms with Gasteiger partial charge < -0.3 is 10.2 Å². The van der Waals surface area contributed by atoms with Gasteiger partial charge in [0.2, 0.25) is 11.8 Å². The van der Waals surface area contributed by atoms with E-state index in [-0.39, 0.29) is 17.7 Å². The number of hydrogen-bond donors (Lipinski definition) is 1. The molecular weight excluding hydrogens is 296 g/mol. The van der Waals surface area contributed by atoms with Gasteiger partial charge in [-0.2, -0.15) is 0 Å². The Kier molecular flexibility index (Phi) is 4.53. The molecule has 0 saturated carbocycles. The molecule has 0 spiro atoms. The maximum absolute atomic E-state index is 12.2. The summed E-state index contributed by atoms with van der Waals surface area (Å²) in [5.41, 5.74) is 1.09. The van der Waals surface area contributed by atoms with Gasteiger partial charge in [0.1, 0.15) is 0 Å². The summed E-state index contributed by atoms with van der Waals surface area (Å²) in [7, 11) is 0. The van der Waals surface area contributed by atoms with Crippen LogP contribution in [0.1, 0.15) is 16.9 Å². The zero-order valence-electron chi connectivity index (χ0n) is 12.2. The molecule has 4 nitrogen and oxygen atoms in total. The van der Waals surface area contributed by atoms with E-state index < -0.39 is 0 Å². The molecule has 1 aromatic carbocycles. The van der Waals surface area contributed by atoms with Gasteiger partial charge in [0.05, 0.1) is 12.5 Å². The summed E-state index contributed by atoms with van der Waals surface area (Å²) in [4.78, 5) is 27.2. The van der Waals surface area contributed by atoms with Crippen LogP contribution in [0.25, 0.3) is 0 Å². The molecule has 5 heteroatoms. The molecule has 22 heavy (non-hydrogen) atoms. The zero-order valence-corrected chi connectivity index (χ0v) is 13.0. The molecule has 0 aliphatic carbocycles. The van der Waals surface area contributed by atoms with Gasteiger partial charge in [-0.1, -0.05) is 36.4 Å². The first-order valence-electron chi connectivity index (χ1n) is 7.34. The molecule has 1 aliphatic heterocycles. The Labute approximate surface area is 133 Å². The van der Waals surface area contributed by atoms with E-state index in [1.165, 1.54) is 0 Å². The molecule has 114 valence electrons. The third-order valence-corrected chi connectivity index (χ3v) is 4.69. The highest BCUT2D eigenvalue weighted by Crippen LogP contribution is 2.20. The van der Waals surface area contributed by atoms with E-state index in [1.807, 2.05) is 47.8 Å². The molecule has 2 heterocycles. The van der Waals surface area contributed by atoms with Gasteiger partial charge in [0.15, 0.2) is 0 Å². The summed E-state index contributed by atoms with van der Waals surface area (Å²) >= 11 is 1.62. The Morgan fingerprint density at radius 2 is 2.05 bits per heavy atom. The van der Waals surface area contributed by atoms with Gasteiger partial charge in [-0.3, -0.25) is 9.59 Å². The summed E-state index contributed by atoms with van der Waals surface area (Å²) in [6.45, 7) is 1.62. The molecule has 0 radical (unpaired) electrons. The average Bonchev–Trinajstić information content (AvgIpc) is 3.16. The van der Waals surface area contributed by atoms with E-state index in [4.69, 9.17) is 0 Å². The SMILES string of the molecule is O=C(NCc1cccs1)C1CC(=O)N(Cc2ccccc2)C1. The van der Waals surface area contributed by atoms with Crippen molar-refractivity contribution in [3.05, 3.63) is 58.3 Å². The summed E-state index contributed by atoms with van der Waals surface area (Å²) in [6, 6.07) is 13.8. The van der Waals surface area contributed by atoms with Crippen LogP contribution in [0.2, 0.25) is 0 Å². The molecular formula is C17H18N2O2S. The van der Waals surface area contributed by atoms with Crippen molar-refractivity contribution in [2.45, 2.75) is 19.5 Å². The van der Waals surface area contributed by atoms with Gasteiger partial charge >= 0.3 is 0 Å². The summed E-state index contributed by atoms with van der Waals surface area (Å²) < 4.78 is 0. The van der Waals surface area contributed by atoms with Crippen molar-refractivity contribution in [3.8, 4) is 0 Å². The number of thiophene rings is 1. The van der Waals surface area contributed by atoms with Crippen molar-refractivity contribution in [2.75, 3.05) is 6.54 Å². The fourth-order valence-electron chi connectivity index (χ4n) is 2.64. The number of nitrogens with one attached hydrogen (secondary N) is 1. The maximum Gasteiger partial charge on any atom is 0.225 e. The van der Waals surface area contributed by atoms with Crippen LogP contribution < -0.4 is 5.32 Å². The van der Waals surface area contributed by atoms with E-state index in [9.17, 15) is 9.59 Å². The molecule has 1 aliphatic rings. The number of rotatable bonds is 5. The normalized spacial score (nSPS) is 17.7. The van der Waals surface area contributed by atoms with E-state index in [0.29, 0.717) is 26.1 Å². The molecule has 1 fully saturated rings. The minimum absolute atomic E-state index is 0.0303. The van der Waals surface area contributed by atoms with Crippen LogP contribution in [-0.2, 0) is 22.7 Å². The number of carbonyl (C=O) groups excluding carboxylic acids is 2. The van der Waals surface area contributed by atoms with Crippen molar-refractivity contribution < 1.29 is 9.59 Å². The fraction of sp³-hybridized carbons (Fsp3) is 0.294. The Morgan fingerprint density at radius 3 is 2.77 bits per heavy atom. The highest BCUT2D eigenvalue weighted by molar-refractivity contribution is 7.09. The second kappa shape index (κ2) is 6.75. The highest BCUT2D eigenvalue weighted by Gasteiger charge is 2.34. The van der Waals surface area contributed by atoms with Crippen LogP contribution in [0, 0.1) is 5.92 Å². The lowest BCUT2D eigenvalue weighted by Crippen LogP contribution is -2.32. The molecule has 1 N–H and O–H groups in total. The molecule has 3 rings (SSSR count). The Morgan fingerprint density at radius 1 is 1.23 bits per heavy atom. The minimum Gasteiger partial charge on any atom is -0.351 e. The molecule has 1 atom stereocenters. The molecule has 0 bridgehead atoms. The number of likely N-dealkylation sites (tertiary alicyclic amines) is 1. The van der Waals surface area contributed by atoms with Gasteiger partial charge in [-0.25, -0.2) is 0 Å². The van der Waals surface area contributed by atoms with Crippen LogP contribution in [0.5, 0.6) is 0 Å². The van der Waals surface area contributed by atoms with Crippen molar-refractivity contribution >= 4 is 23.2 Å². The summed E-state index contributed by atoms with van der Waals surface area (Å²) in [5.74, 6) is -0.214. The third kappa shape index (κ3) is 3.54. The molecule has 1 aromatic heterocycles. The second-order valence-electron chi connectivity index (χ2n) is 5.46. The Bertz CT molecular complexity index is 640. The number of carbonyl (C=O) groups is 2. The predicted octanol–water partition coefficient (Wildman–Crippen LogP) is 2.41. The van der Waals surface area contributed by atoms with Crippen LogP contribution in [0.3, 0.4) is 0 Å². The molecule has 2 aromatic rings. The average molecular weight is 314 g/mol. The number of nitrogens with zero attached hydrogens (tertiary/aromatic N) is 1. The summed E-state index contributed by atoms with van der Waals surface area (Å²) in [5, 5.41) is 4.91. The largest absolute Gasteiger partial charge is 0.351 e. The number of hydrogen-bond acceptors (Lipinski definition) is 3. The van der Waals surface area contributed by atoms with Crippen molar-refractivity contribution in [2.24, 2.45) is 5.92 Å². The summed E-state index contributed by atoms with van der Waals surface area (Å²) in [6.07, 6.45) is 0.309. The van der Waals surface area contributed by atoms with Crippen LogP contribution in [0.15, 0.2) is 47.8 Å². The smallest absolute Gasteiger partial charge is 0.225 e. The lowest BCUT2D eigenvalue weighted by Gasteiger charge is -2.16. The van der Waals surface area contributed by atoms with Crippen LogP contribution >= 0.6 is 11.3 Å². The Balaban J connectivity index is 1.53. The monoisotopic (exact) mass is 314 g/mol. The van der Waals surface area contributed by atoms with E-state index in [1.54, 1.807) is 16.2 Å². The molecule has 1 saturated heterocycles. The zero-order chi connectivity index (χ0) is 15.4.